The van der Waals surface area contributed by atoms with Gasteiger partial charge in [0.25, 0.3) is 5.91 Å². The Bertz CT molecular complexity index is 740. The molecule has 0 spiro atoms. The lowest BCUT2D eigenvalue weighted by Crippen LogP contribution is -2.25. The number of ether oxygens (including phenoxy) is 1. The molecular weight excluding hydrogens is 341 g/mol. The molecule has 1 aliphatic rings. The second-order valence-corrected chi connectivity index (χ2v) is 5.45. The van der Waals surface area contributed by atoms with Crippen molar-refractivity contribution in [2.45, 2.75) is 0 Å². The molecule has 0 saturated heterocycles. The van der Waals surface area contributed by atoms with Crippen molar-refractivity contribution in [1.29, 1.82) is 0 Å². The molecule has 1 N–H and O–H groups in total. The smallest absolute Gasteiger partial charge is 0.262 e. The zero-order valence-electron chi connectivity index (χ0n) is 10.7. The molecule has 0 fully saturated rings. The average molecular weight is 350 g/mol. The van der Waals surface area contributed by atoms with Gasteiger partial charge in [0.1, 0.15) is 11.6 Å². The SMILES string of the molecule is O=C1COc2ccc(C(=O)c3cc(F)cc(Br)c3)cc2N1. The molecule has 0 bridgehead atoms. The summed E-state index contributed by atoms with van der Waals surface area (Å²) in [6.45, 7) is -0.0445. The Labute approximate surface area is 128 Å². The van der Waals surface area contributed by atoms with Crippen LogP contribution < -0.4 is 10.1 Å². The molecule has 3 rings (SSSR count). The Kier molecular flexibility index (Phi) is 3.47. The molecule has 0 saturated carbocycles. The number of halogens is 2. The van der Waals surface area contributed by atoms with Gasteiger partial charge in [-0.05, 0) is 36.4 Å². The van der Waals surface area contributed by atoms with E-state index < -0.39 is 5.82 Å². The van der Waals surface area contributed by atoms with Crippen molar-refractivity contribution >= 4 is 33.3 Å². The Morgan fingerprint density at radius 2 is 2.00 bits per heavy atom. The zero-order valence-corrected chi connectivity index (χ0v) is 12.2. The van der Waals surface area contributed by atoms with Crippen LogP contribution in [0.1, 0.15) is 15.9 Å². The van der Waals surface area contributed by atoms with E-state index in [4.69, 9.17) is 4.74 Å². The molecule has 2 aromatic rings. The number of rotatable bonds is 2. The van der Waals surface area contributed by atoms with Crippen molar-refractivity contribution in [2.24, 2.45) is 0 Å². The molecule has 1 amide bonds. The molecule has 1 heterocycles. The summed E-state index contributed by atoms with van der Waals surface area (Å²) < 4.78 is 19.1. The van der Waals surface area contributed by atoms with Crippen LogP contribution in [-0.2, 0) is 4.79 Å². The number of fused-ring (bicyclic) bond motifs is 1. The molecule has 0 aliphatic carbocycles. The molecule has 4 nitrogen and oxygen atoms in total. The zero-order chi connectivity index (χ0) is 15.0. The summed E-state index contributed by atoms with van der Waals surface area (Å²) in [6.07, 6.45) is 0. The van der Waals surface area contributed by atoms with E-state index in [-0.39, 0.29) is 23.9 Å². The Morgan fingerprint density at radius 3 is 2.76 bits per heavy atom. The summed E-state index contributed by atoms with van der Waals surface area (Å²) >= 11 is 3.15. The maximum absolute atomic E-state index is 13.4. The number of anilines is 1. The summed E-state index contributed by atoms with van der Waals surface area (Å²) in [7, 11) is 0. The van der Waals surface area contributed by atoms with E-state index in [0.717, 1.165) is 0 Å². The maximum atomic E-state index is 13.4. The van der Waals surface area contributed by atoms with Crippen LogP contribution in [0.3, 0.4) is 0 Å². The maximum Gasteiger partial charge on any atom is 0.262 e. The lowest BCUT2D eigenvalue weighted by molar-refractivity contribution is -0.118. The third-order valence-corrected chi connectivity index (χ3v) is 3.46. The van der Waals surface area contributed by atoms with Crippen molar-refractivity contribution in [2.75, 3.05) is 11.9 Å². The second kappa shape index (κ2) is 5.29. The number of ketones is 1. The molecular formula is C15H9BrFNO3. The van der Waals surface area contributed by atoms with Gasteiger partial charge in [0.2, 0.25) is 0 Å². The first-order valence-electron chi connectivity index (χ1n) is 6.10. The highest BCUT2D eigenvalue weighted by Gasteiger charge is 2.19. The molecule has 21 heavy (non-hydrogen) atoms. The van der Waals surface area contributed by atoms with E-state index in [0.29, 0.717) is 21.5 Å². The van der Waals surface area contributed by atoms with Crippen molar-refractivity contribution in [3.63, 3.8) is 0 Å². The van der Waals surface area contributed by atoms with E-state index in [1.165, 1.54) is 18.2 Å². The lowest BCUT2D eigenvalue weighted by atomic mass is 10.0. The molecule has 106 valence electrons. The number of nitrogens with one attached hydrogen (secondary N) is 1. The fourth-order valence-electron chi connectivity index (χ4n) is 2.08. The van der Waals surface area contributed by atoms with Gasteiger partial charge < -0.3 is 10.1 Å². The minimum absolute atomic E-state index is 0.0445. The fourth-order valence-corrected chi connectivity index (χ4v) is 2.54. The summed E-state index contributed by atoms with van der Waals surface area (Å²) in [5, 5.41) is 2.63. The third kappa shape index (κ3) is 2.80. The number of hydrogen-bond acceptors (Lipinski definition) is 3. The topological polar surface area (TPSA) is 55.4 Å². The number of carbonyl (C=O) groups excluding carboxylic acids is 2. The van der Waals surface area contributed by atoms with Crippen LogP contribution in [0.25, 0.3) is 0 Å². The molecule has 0 aromatic heterocycles. The van der Waals surface area contributed by atoms with Gasteiger partial charge in [0.15, 0.2) is 12.4 Å². The monoisotopic (exact) mass is 349 g/mol. The standard InChI is InChI=1S/C15H9BrFNO3/c16-10-3-9(4-11(17)6-10)15(20)8-1-2-13-12(5-8)18-14(19)7-21-13/h1-6H,7H2,(H,18,19). The van der Waals surface area contributed by atoms with Crippen molar-refractivity contribution < 1.29 is 18.7 Å². The Hall–Kier alpha value is -2.21. The molecule has 2 aromatic carbocycles. The second-order valence-electron chi connectivity index (χ2n) is 4.54. The van der Waals surface area contributed by atoms with Gasteiger partial charge in [0.05, 0.1) is 5.69 Å². The van der Waals surface area contributed by atoms with Crippen LogP contribution in [-0.4, -0.2) is 18.3 Å². The highest BCUT2D eigenvalue weighted by Crippen LogP contribution is 2.29. The number of amides is 1. The van der Waals surface area contributed by atoms with Gasteiger partial charge in [-0.2, -0.15) is 0 Å². The molecule has 0 atom stereocenters. The summed E-state index contributed by atoms with van der Waals surface area (Å²) in [4.78, 5) is 23.7. The lowest BCUT2D eigenvalue weighted by Gasteiger charge is -2.18. The first kappa shape index (κ1) is 13.8. The van der Waals surface area contributed by atoms with E-state index in [9.17, 15) is 14.0 Å². The van der Waals surface area contributed by atoms with Gasteiger partial charge in [0, 0.05) is 15.6 Å². The van der Waals surface area contributed by atoms with Crippen molar-refractivity contribution in [3.05, 3.63) is 57.8 Å². The molecule has 0 radical (unpaired) electrons. The van der Waals surface area contributed by atoms with Crippen LogP contribution in [0, 0.1) is 5.82 Å². The minimum Gasteiger partial charge on any atom is -0.482 e. The summed E-state index contributed by atoms with van der Waals surface area (Å²) in [6, 6.07) is 8.70. The van der Waals surface area contributed by atoms with Crippen LogP contribution in [0.15, 0.2) is 40.9 Å². The molecule has 0 unspecified atom stereocenters. The van der Waals surface area contributed by atoms with E-state index in [1.807, 2.05) is 0 Å². The minimum atomic E-state index is -0.498. The first-order valence-corrected chi connectivity index (χ1v) is 6.90. The van der Waals surface area contributed by atoms with E-state index in [1.54, 1.807) is 18.2 Å². The van der Waals surface area contributed by atoms with Gasteiger partial charge in [-0.15, -0.1) is 0 Å². The van der Waals surface area contributed by atoms with Crippen LogP contribution in [0.2, 0.25) is 0 Å². The average Bonchev–Trinajstić information content (AvgIpc) is 2.44. The number of benzene rings is 2. The van der Waals surface area contributed by atoms with Crippen molar-refractivity contribution in [1.82, 2.24) is 0 Å². The number of hydrogen-bond donors (Lipinski definition) is 1. The van der Waals surface area contributed by atoms with Gasteiger partial charge in [-0.25, -0.2) is 4.39 Å². The van der Waals surface area contributed by atoms with Crippen LogP contribution >= 0.6 is 15.9 Å². The van der Waals surface area contributed by atoms with Crippen LogP contribution in [0.4, 0.5) is 10.1 Å². The van der Waals surface area contributed by atoms with Crippen molar-refractivity contribution in [3.8, 4) is 5.75 Å². The van der Waals surface area contributed by atoms with Gasteiger partial charge in [-0.3, -0.25) is 9.59 Å². The summed E-state index contributed by atoms with van der Waals surface area (Å²) in [5.41, 5.74) is 1.01. The van der Waals surface area contributed by atoms with Crippen LogP contribution in [0.5, 0.6) is 5.75 Å². The fraction of sp³-hybridized carbons (Fsp3) is 0.0667. The Morgan fingerprint density at radius 1 is 1.19 bits per heavy atom. The predicted octanol–water partition coefficient (Wildman–Crippen LogP) is 3.15. The number of carbonyl (C=O) groups is 2. The highest BCUT2D eigenvalue weighted by atomic mass is 79.9. The molecule has 1 aliphatic heterocycles. The predicted molar refractivity (Wildman–Crippen MR) is 78.1 cm³/mol. The largest absolute Gasteiger partial charge is 0.482 e. The van der Waals surface area contributed by atoms with Gasteiger partial charge >= 0.3 is 0 Å². The van der Waals surface area contributed by atoms with E-state index in [2.05, 4.69) is 21.2 Å². The summed E-state index contributed by atoms with van der Waals surface area (Å²) in [5.74, 6) is -0.604. The first-order chi connectivity index (χ1) is 10.0. The highest BCUT2D eigenvalue weighted by molar-refractivity contribution is 9.10. The van der Waals surface area contributed by atoms with E-state index >= 15 is 0 Å². The van der Waals surface area contributed by atoms with Gasteiger partial charge in [-0.1, -0.05) is 15.9 Å². The quantitative estimate of drug-likeness (QED) is 0.847. The molecule has 6 heteroatoms. The third-order valence-electron chi connectivity index (χ3n) is 3.00. The normalized spacial score (nSPS) is 13.1. The Balaban J connectivity index is 1.98.